The molecule has 0 amide bonds. The van der Waals surface area contributed by atoms with E-state index in [1.54, 1.807) is 0 Å². The van der Waals surface area contributed by atoms with Gasteiger partial charge in [-0.3, -0.25) is 4.68 Å². The summed E-state index contributed by atoms with van der Waals surface area (Å²) in [7, 11) is 0. The topological polar surface area (TPSA) is 41.6 Å². The third kappa shape index (κ3) is 2.00. The minimum atomic E-state index is 0.0918. The maximum Gasteiger partial charge on any atom is 0.0815 e. The van der Waals surface area contributed by atoms with Crippen LogP contribution in [0.1, 0.15) is 37.4 Å². The van der Waals surface area contributed by atoms with Gasteiger partial charge in [0.25, 0.3) is 0 Å². The second-order valence-electron chi connectivity index (χ2n) is 4.13. The quantitative estimate of drug-likeness (QED) is 0.734. The van der Waals surface area contributed by atoms with Gasteiger partial charge in [-0.05, 0) is 19.8 Å². The Labute approximate surface area is 94.6 Å². The molecule has 3 nitrogen and oxygen atoms in total. The van der Waals surface area contributed by atoms with Gasteiger partial charge in [0, 0.05) is 6.20 Å². The maximum atomic E-state index is 9.07. The number of aryl methyl sites for hydroxylation is 1. The fraction of sp³-hybridized carbons (Fsp3) is 0.636. The van der Waals surface area contributed by atoms with Gasteiger partial charge in [0.1, 0.15) is 0 Å². The van der Waals surface area contributed by atoms with Crippen molar-refractivity contribution in [3.8, 4) is 6.07 Å². The summed E-state index contributed by atoms with van der Waals surface area (Å²) in [4.78, 5) is 0. The van der Waals surface area contributed by atoms with E-state index in [1.807, 2.05) is 17.8 Å². The highest BCUT2D eigenvalue weighted by molar-refractivity contribution is 6.31. The standard InChI is InChI=1S/C11H14ClN3/c1-8-10(12)7-15(14-8)11-5-3-2-4-9(11)6-13/h7,9,11H,2-5H2,1H3. The van der Waals surface area contributed by atoms with Crippen LogP contribution in [0, 0.1) is 24.2 Å². The molecule has 1 aliphatic rings. The molecule has 1 aliphatic carbocycles. The first-order valence-electron chi connectivity index (χ1n) is 5.33. The SMILES string of the molecule is Cc1nn(C2CCCCC2C#N)cc1Cl. The molecule has 0 saturated heterocycles. The molecule has 0 aliphatic heterocycles. The fourth-order valence-corrected chi connectivity index (χ4v) is 2.35. The predicted octanol–water partition coefficient (Wildman–Crippen LogP) is 3.10. The van der Waals surface area contributed by atoms with Gasteiger partial charge in [-0.25, -0.2) is 0 Å². The van der Waals surface area contributed by atoms with Crippen molar-refractivity contribution < 1.29 is 0 Å². The molecule has 4 heteroatoms. The smallest absolute Gasteiger partial charge is 0.0815 e. The van der Waals surface area contributed by atoms with E-state index >= 15 is 0 Å². The van der Waals surface area contributed by atoms with Crippen molar-refractivity contribution in [1.29, 1.82) is 5.26 Å². The first kappa shape index (κ1) is 10.5. The molecule has 1 aromatic heterocycles. The Morgan fingerprint density at radius 1 is 1.53 bits per heavy atom. The number of hydrogen-bond acceptors (Lipinski definition) is 2. The zero-order chi connectivity index (χ0) is 10.8. The van der Waals surface area contributed by atoms with Crippen LogP contribution in [-0.2, 0) is 0 Å². The summed E-state index contributed by atoms with van der Waals surface area (Å²) in [5.41, 5.74) is 0.846. The number of nitrogens with zero attached hydrogens (tertiary/aromatic N) is 3. The van der Waals surface area contributed by atoms with Gasteiger partial charge in [-0.15, -0.1) is 0 Å². The monoisotopic (exact) mass is 223 g/mol. The summed E-state index contributed by atoms with van der Waals surface area (Å²) in [6.45, 7) is 1.89. The molecule has 2 rings (SSSR count). The van der Waals surface area contributed by atoms with Crippen LogP contribution in [0.4, 0.5) is 0 Å². The summed E-state index contributed by atoms with van der Waals surface area (Å²) in [5.74, 6) is 0.0918. The zero-order valence-electron chi connectivity index (χ0n) is 8.78. The lowest BCUT2D eigenvalue weighted by Gasteiger charge is -2.26. The van der Waals surface area contributed by atoms with Crippen LogP contribution >= 0.6 is 11.6 Å². The molecule has 1 aromatic rings. The second-order valence-corrected chi connectivity index (χ2v) is 4.54. The van der Waals surface area contributed by atoms with Gasteiger partial charge in [-0.2, -0.15) is 10.4 Å². The molecule has 2 unspecified atom stereocenters. The molecule has 0 radical (unpaired) electrons. The molecule has 1 heterocycles. The van der Waals surface area contributed by atoms with E-state index in [-0.39, 0.29) is 12.0 Å². The molecule has 0 spiro atoms. The Balaban J connectivity index is 2.25. The van der Waals surface area contributed by atoms with Crippen molar-refractivity contribution in [3.63, 3.8) is 0 Å². The van der Waals surface area contributed by atoms with Crippen LogP contribution < -0.4 is 0 Å². The molecule has 0 aromatic carbocycles. The predicted molar refractivity (Wildman–Crippen MR) is 58.6 cm³/mol. The van der Waals surface area contributed by atoms with Crippen LogP contribution in [0.2, 0.25) is 5.02 Å². The average molecular weight is 224 g/mol. The molecular formula is C11H14ClN3. The third-order valence-electron chi connectivity index (χ3n) is 3.09. The highest BCUT2D eigenvalue weighted by Crippen LogP contribution is 2.33. The summed E-state index contributed by atoms with van der Waals surface area (Å²) >= 11 is 5.97. The third-order valence-corrected chi connectivity index (χ3v) is 3.46. The van der Waals surface area contributed by atoms with E-state index in [1.165, 1.54) is 6.42 Å². The zero-order valence-corrected chi connectivity index (χ0v) is 9.54. The molecular weight excluding hydrogens is 210 g/mol. The number of halogens is 1. The van der Waals surface area contributed by atoms with Gasteiger partial charge < -0.3 is 0 Å². The first-order chi connectivity index (χ1) is 7.22. The van der Waals surface area contributed by atoms with Crippen LogP contribution in [-0.4, -0.2) is 9.78 Å². The molecule has 1 fully saturated rings. The Bertz CT molecular complexity index is 372. The summed E-state index contributed by atoms with van der Waals surface area (Å²) in [6, 6.07) is 2.59. The van der Waals surface area contributed by atoms with E-state index in [4.69, 9.17) is 16.9 Å². The first-order valence-corrected chi connectivity index (χ1v) is 5.71. The largest absolute Gasteiger partial charge is 0.267 e. The summed E-state index contributed by atoms with van der Waals surface area (Å²) in [5, 5.41) is 14.1. The molecule has 2 atom stereocenters. The fourth-order valence-electron chi connectivity index (χ4n) is 2.21. The van der Waals surface area contributed by atoms with Gasteiger partial charge in [-0.1, -0.05) is 24.4 Å². The lowest BCUT2D eigenvalue weighted by atomic mass is 9.86. The van der Waals surface area contributed by atoms with Crippen molar-refractivity contribution in [1.82, 2.24) is 9.78 Å². The van der Waals surface area contributed by atoms with Gasteiger partial charge >= 0.3 is 0 Å². The lowest BCUT2D eigenvalue weighted by molar-refractivity contribution is 0.270. The maximum absolute atomic E-state index is 9.07. The molecule has 15 heavy (non-hydrogen) atoms. The van der Waals surface area contributed by atoms with Crippen molar-refractivity contribution >= 4 is 11.6 Å². The van der Waals surface area contributed by atoms with E-state index in [9.17, 15) is 0 Å². The van der Waals surface area contributed by atoms with Gasteiger partial charge in [0.2, 0.25) is 0 Å². The summed E-state index contributed by atoms with van der Waals surface area (Å²) < 4.78 is 1.88. The number of hydrogen-bond donors (Lipinski definition) is 0. The van der Waals surface area contributed by atoms with Crippen molar-refractivity contribution in [3.05, 3.63) is 16.9 Å². The second kappa shape index (κ2) is 4.24. The lowest BCUT2D eigenvalue weighted by Crippen LogP contribution is -2.22. The van der Waals surface area contributed by atoms with Gasteiger partial charge in [0.15, 0.2) is 0 Å². The van der Waals surface area contributed by atoms with E-state index in [0.29, 0.717) is 5.02 Å². The Hall–Kier alpha value is -1.01. The molecule has 1 saturated carbocycles. The van der Waals surface area contributed by atoms with Crippen molar-refractivity contribution in [2.24, 2.45) is 5.92 Å². The van der Waals surface area contributed by atoms with Crippen molar-refractivity contribution in [2.75, 3.05) is 0 Å². The van der Waals surface area contributed by atoms with Crippen LogP contribution in [0.3, 0.4) is 0 Å². The Morgan fingerprint density at radius 2 is 2.27 bits per heavy atom. The Morgan fingerprint density at radius 3 is 2.87 bits per heavy atom. The van der Waals surface area contributed by atoms with Gasteiger partial charge in [0.05, 0.1) is 28.7 Å². The van der Waals surface area contributed by atoms with Crippen LogP contribution in [0.5, 0.6) is 0 Å². The normalized spacial score (nSPS) is 26.2. The average Bonchev–Trinajstić information content (AvgIpc) is 2.59. The van der Waals surface area contributed by atoms with E-state index in [2.05, 4.69) is 11.2 Å². The minimum absolute atomic E-state index is 0.0918. The molecule has 0 bridgehead atoms. The van der Waals surface area contributed by atoms with Crippen LogP contribution in [0.15, 0.2) is 6.20 Å². The highest BCUT2D eigenvalue weighted by atomic mass is 35.5. The van der Waals surface area contributed by atoms with E-state index < -0.39 is 0 Å². The highest BCUT2D eigenvalue weighted by Gasteiger charge is 2.27. The molecule has 80 valence electrons. The Kier molecular flexibility index (Phi) is 2.97. The van der Waals surface area contributed by atoms with Crippen molar-refractivity contribution in [2.45, 2.75) is 38.6 Å². The van der Waals surface area contributed by atoms with Crippen LogP contribution in [0.25, 0.3) is 0 Å². The van der Waals surface area contributed by atoms with E-state index in [0.717, 1.165) is 25.0 Å². The summed E-state index contributed by atoms with van der Waals surface area (Å²) in [6.07, 6.45) is 6.20. The molecule has 0 N–H and O–H groups in total. The number of rotatable bonds is 1. The number of aromatic nitrogens is 2. The number of nitriles is 1. The minimum Gasteiger partial charge on any atom is -0.267 e.